The zero-order valence-corrected chi connectivity index (χ0v) is 9.33. The molecular weight excluding hydrogens is 204 g/mol. The van der Waals surface area contributed by atoms with E-state index in [4.69, 9.17) is 0 Å². The summed E-state index contributed by atoms with van der Waals surface area (Å²) in [5.74, 6) is 1.15. The molecule has 0 bridgehead atoms. The van der Waals surface area contributed by atoms with Gasteiger partial charge in [0, 0.05) is 44.4 Å². The molecule has 16 heavy (non-hydrogen) atoms. The van der Waals surface area contributed by atoms with Crippen molar-refractivity contribution >= 4 is 5.91 Å². The van der Waals surface area contributed by atoms with Gasteiger partial charge in [-0.15, -0.1) is 0 Å². The minimum absolute atomic E-state index is 0.160. The van der Waals surface area contributed by atoms with Crippen LogP contribution in [0.4, 0.5) is 0 Å². The summed E-state index contributed by atoms with van der Waals surface area (Å²) in [7, 11) is 0. The van der Waals surface area contributed by atoms with Gasteiger partial charge >= 0.3 is 0 Å². The second-order valence-corrected chi connectivity index (χ2v) is 4.13. The normalized spacial score (nSPS) is 21.5. The average Bonchev–Trinajstić information content (AvgIpc) is 2.69. The largest absolute Gasteiger partial charge is 0.356 e. The number of aromatic nitrogens is 2. The van der Waals surface area contributed by atoms with Gasteiger partial charge < -0.3 is 15.6 Å². The van der Waals surface area contributed by atoms with E-state index in [0.717, 1.165) is 38.2 Å². The molecular formula is C11H18N4O. The van der Waals surface area contributed by atoms with Crippen molar-refractivity contribution in [2.75, 3.05) is 13.1 Å². The Labute approximate surface area is 95.0 Å². The highest BCUT2D eigenvalue weighted by Crippen LogP contribution is 2.05. The third kappa shape index (κ3) is 3.34. The van der Waals surface area contributed by atoms with Gasteiger partial charge in [0.15, 0.2) is 0 Å². The minimum Gasteiger partial charge on any atom is -0.356 e. The second kappa shape index (κ2) is 5.65. The first-order valence-electron chi connectivity index (χ1n) is 5.83. The topological polar surface area (TPSA) is 69.8 Å². The van der Waals surface area contributed by atoms with Crippen molar-refractivity contribution in [1.29, 1.82) is 0 Å². The fourth-order valence-electron chi connectivity index (χ4n) is 1.98. The van der Waals surface area contributed by atoms with Crippen LogP contribution >= 0.6 is 0 Å². The summed E-state index contributed by atoms with van der Waals surface area (Å²) in [6.07, 6.45) is 7.19. The van der Waals surface area contributed by atoms with Crippen molar-refractivity contribution in [3.8, 4) is 0 Å². The predicted molar refractivity (Wildman–Crippen MR) is 60.9 cm³/mol. The molecule has 1 fully saturated rings. The number of carbonyl (C=O) groups excluding carboxylic acids is 1. The molecule has 1 unspecified atom stereocenters. The van der Waals surface area contributed by atoms with E-state index >= 15 is 0 Å². The zero-order chi connectivity index (χ0) is 11.2. The van der Waals surface area contributed by atoms with Crippen molar-refractivity contribution in [3.05, 3.63) is 18.2 Å². The van der Waals surface area contributed by atoms with Gasteiger partial charge in [-0.1, -0.05) is 0 Å². The van der Waals surface area contributed by atoms with Crippen LogP contribution in [0.2, 0.25) is 0 Å². The van der Waals surface area contributed by atoms with Crippen LogP contribution < -0.4 is 10.6 Å². The molecule has 2 heterocycles. The lowest BCUT2D eigenvalue weighted by Crippen LogP contribution is -2.33. The van der Waals surface area contributed by atoms with Gasteiger partial charge in [-0.05, 0) is 12.8 Å². The zero-order valence-electron chi connectivity index (χ0n) is 9.33. The Morgan fingerprint density at radius 1 is 1.56 bits per heavy atom. The standard InChI is InChI=1S/C11H18N4O/c16-11-8-9(2-1-4-15-11)12-5-3-10-13-6-7-14-10/h6-7,9,12H,1-5,8H2,(H,13,14)(H,15,16). The summed E-state index contributed by atoms with van der Waals surface area (Å²) in [6.45, 7) is 1.68. The molecule has 5 heteroatoms. The molecule has 1 amide bonds. The molecule has 0 saturated carbocycles. The molecule has 5 nitrogen and oxygen atoms in total. The fourth-order valence-corrected chi connectivity index (χ4v) is 1.98. The van der Waals surface area contributed by atoms with Crippen LogP contribution in [-0.2, 0) is 11.2 Å². The van der Waals surface area contributed by atoms with Crippen molar-refractivity contribution < 1.29 is 4.79 Å². The lowest BCUT2D eigenvalue weighted by molar-refractivity contribution is -0.121. The molecule has 1 aliphatic heterocycles. The molecule has 1 aromatic rings. The van der Waals surface area contributed by atoms with E-state index in [1.807, 2.05) is 6.20 Å². The average molecular weight is 222 g/mol. The van der Waals surface area contributed by atoms with Crippen molar-refractivity contribution in [2.45, 2.75) is 31.7 Å². The molecule has 1 atom stereocenters. The number of H-pyrrole nitrogens is 1. The molecule has 0 aliphatic carbocycles. The van der Waals surface area contributed by atoms with Gasteiger partial charge in [-0.25, -0.2) is 4.98 Å². The van der Waals surface area contributed by atoms with Crippen LogP contribution in [0, 0.1) is 0 Å². The van der Waals surface area contributed by atoms with E-state index in [0.29, 0.717) is 12.5 Å². The number of imidazole rings is 1. The van der Waals surface area contributed by atoms with Crippen LogP contribution in [0.25, 0.3) is 0 Å². The van der Waals surface area contributed by atoms with E-state index < -0.39 is 0 Å². The first-order chi connectivity index (χ1) is 7.84. The first-order valence-corrected chi connectivity index (χ1v) is 5.83. The highest BCUT2D eigenvalue weighted by Gasteiger charge is 2.16. The highest BCUT2D eigenvalue weighted by molar-refractivity contribution is 5.76. The molecule has 0 radical (unpaired) electrons. The SMILES string of the molecule is O=C1CC(NCCc2ncc[nH]2)CCCN1. The monoisotopic (exact) mass is 222 g/mol. The number of rotatable bonds is 4. The van der Waals surface area contributed by atoms with Crippen LogP contribution in [0.5, 0.6) is 0 Å². The molecule has 1 aromatic heterocycles. The van der Waals surface area contributed by atoms with Gasteiger partial charge in [0.2, 0.25) is 5.91 Å². The molecule has 1 aliphatic rings. The Morgan fingerprint density at radius 3 is 3.31 bits per heavy atom. The molecule has 0 aromatic carbocycles. The van der Waals surface area contributed by atoms with Gasteiger partial charge in [-0.3, -0.25) is 4.79 Å². The maximum atomic E-state index is 11.3. The predicted octanol–water partition coefficient (Wildman–Crippen LogP) is 0.210. The van der Waals surface area contributed by atoms with Gasteiger partial charge in [-0.2, -0.15) is 0 Å². The summed E-state index contributed by atoms with van der Waals surface area (Å²) in [5, 5.41) is 6.29. The van der Waals surface area contributed by atoms with E-state index in [1.54, 1.807) is 6.20 Å². The van der Waals surface area contributed by atoms with Crippen LogP contribution in [0.1, 0.15) is 25.1 Å². The van der Waals surface area contributed by atoms with Crippen LogP contribution in [0.3, 0.4) is 0 Å². The number of hydrogen-bond acceptors (Lipinski definition) is 3. The van der Waals surface area contributed by atoms with Crippen LogP contribution in [-0.4, -0.2) is 35.0 Å². The molecule has 1 saturated heterocycles. The first kappa shape index (κ1) is 11.1. The highest BCUT2D eigenvalue weighted by atomic mass is 16.1. The van der Waals surface area contributed by atoms with Crippen molar-refractivity contribution in [2.24, 2.45) is 0 Å². The second-order valence-electron chi connectivity index (χ2n) is 4.13. The fraction of sp³-hybridized carbons (Fsp3) is 0.636. The minimum atomic E-state index is 0.160. The van der Waals surface area contributed by atoms with E-state index in [1.165, 1.54) is 0 Å². The Morgan fingerprint density at radius 2 is 2.50 bits per heavy atom. The van der Waals surface area contributed by atoms with E-state index in [2.05, 4.69) is 20.6 Å². The number of nitrogens with zero attached hydrogens (tertiary/aromatic N) is 1. The molecule has 88 valence electrons. The maximum Gasteiger partial charge on any atom is 0.221 e. The van der Waals surface area contributed by atoms with E-state index in [-0.39, 0.29) is 5.91 Å². The Balaban J connectivity index is 1.70. The number of aromatic amines is 1. The Bertz CT molecular complexity index is 323. The summed E-state index contributed by atoms with van der Waals surface area (Å²) in [4.78, 5) is 18.5. The summed E-state index contributed by atoms with van der Waals surface area (Å²) >= 11 is 0. The summed E-state index contributed by atoms with van der Waals surface area (Å²) < 4.78 is 0. The smallest absolute Gasteiger partial charge is 0.221 e. The van der Waals surface area contributed by atoms with E-state index in [9.17, 15) is 4.79 Å². The summed E-state index contributed by atoms with van der Waals surface area (Å²) in [6, 6.07) is 0.317. The lowest BCUT2D eigenvalue weighted by Gasteiger charge is -2.14. The third-order valence-electron chi connectivity index (χ3n) is 2.83. The number of hydrogen-bond donors (Lipinski definition) is 3. The molecule has 0 spiro atoms. The van der Waals surface area contributed by atoms with Gasteiger partial charge in [0.05, 0.1) is 0 Å². The Kier molecular flexibility index (Phi) is 3.93. The van der Waals surface area contributed by atoms with Gasteiger partial charge in [0.25, 0.3) is 0 Å². The maximum absolute atomic E-state index is 11.3. The number of amides is 1. The quantitative estimate of drug-likeness (QED) is 0.682. The Hall–Kier alpha value is -1.36. The van der Waals surface area contributed by atoms with Crippen molar-refractivity contribution in [3.63, 3.8) is 0 Å². The number of nitrogens with one attached hydrogen (secondary N) is 3. The molecule has 3 N–H and O–H groups in total. The lowest BCUT2D eigenvalue weighted by atomic mass is 10.1. The third-order valence-corrected chi connectivity index (χ3v) is 2.83. The summed E-state index contributed by atoms with van der Waals surface area (Å²) in [5.41, 5.74) is 0. The molecule has 2 rings (SSSR count). The van der Waals surface area contributed by atoms with Gasteiger partial charge in [0.1, 0.15) is 5.82 Å². The number of carbonyl (C=O) groups is 1. The van der Waals surface area contributed by atoms with Crippen LogP contribution in [0.15, 0.2) is 12.4 Å². The van der Waals surface area contributed by atoms with Crippen molar-refractivity contribution in [1.82, 2.24) is 20.6 Å².